The Morgan fingerprint density at radius 1 is 1.20 bits per heavy atom. The minimum absolute atomic E-state index is 0.0533. The Kier molecular flexibility index (Phi) is 5.54. The maximum absolute atomic E-state index is 12.8. The fourth-order valence-corrected chi connectivity index (χ4v) is 4.68. The molecule has 3 unspecified atom stereocenters. The summed E-state index contributed by atoms with van der Waals surface area (Å²) in [4.78, 5) is 51.9. The van der Waals surface area contributed by atoms with Crippen molar-refractivity contribution in [2.24, 2.45) is 0 Å². The maximum Gasteiger partial charge on any atom is 0.319 e. The van der Waals surface area contributed by atoms with Crippen LogP contribution in [0.3, 0.4) is 0 Å². The number of hydrogen-bond acceptors (Lipinski definition) is 5. The van der Waals surface area contributed by atoms with Gasteiger partial charge in [-0.05, 0) is 49.1 Å². The van der Waals surface area contributed by atoms with Crippen LogP contribution in [0, 0.1) is 0 Å². The second-order valence-electron chi connectivity index (χ2n) is 7.45. The minimum Gasteiger partial charge on any atom is -0.342 e. The first-order valence-electron chi connectivity index (χ1n) is 9.74. The van der Waals surface area contributed by atoms with E-state index in [4.69, 9.17) is 0 Å². The van der Waals surface area contributed by atoms with Crippen molar-refractivity contribution >= 4 is 40.7 Å². The van der Waals surface area contributed by atoms with Gasteiger partial charge in [-0.1, -0.05) is 6.07 Å². The lowest BCUT2D eigenvalue weighted by Crippen LogP contribution is -2.65. The first-order chi connectivity index (χ1) is 14.4. The highest BCUT2D eigenvalue weighted by atomic mass is 32.1. The number of anilines is 1. The van der Waals surface area contributed by atoms with Crippen LogP contribution in [0.2, 0.25) is 0 Å². The molecule has 2 saturated heterocycles. The first kappa shape index (κ1) is 20.1. The number of Topliss-reactive ketones (excluding diaryl/α,β-unsaturated/α-hetero) is 1. The number of amides is 4. The number of nitrogens with zero attached hydrogens (tertiary/aromatic N) is 1. The van der Waals surface area contributed by atoms with Crippen molar-refractivity contribution in [1.29, 1.82) is 0 Å². The van der Waals surface area contributed by atoms with Crippen molar-refractivity contribution < 1.29 is 19.2 Å². The summed E-state index contributed by atoms with van der Waals surface area (Å²) < 4.78 is 0. The number of carbonyl (C=O) groups is 4. The molecule has 8 nitrogen and oxygen atoms in total. The van der Waals surface area contributed by atoms with Crippen molar-refractivity contribution in [3.63, 3.8) is 0 Å². The summed E-state index contributed by atoms with van der Waals surface area (Å²) in [6, 6.07) is 8.21. The van der Waals surface area contributed by atoms with Gasteiger partial charge >= 0.3 is 6.03 Å². The van der Waals surface area contributed by atoms with E-state index in [1.807, 2.05) is 17.5 Å². The largest absolute Gasteiger partial charge is 0.342 e. The van der Waals surface area contributed by atoms with Gasteiger partial charge in [0, 0.05) is 29.1 Å². The molecule has 3 atom stereocenters. The second kappa shape index (κ2) is 8.27. The molecule has 4 amide bonds. The van der Waals surface area contributed by atoms with Gasteiger partial charge in [-0.15, -0.1) is 11.3 Å². The zero-order valence-electron chi connectivity index (χ0n) is 16.4. The van der Waals surface area contributed by atoms with E-state index in [2.05, 4.69) is 16.0 Å². The first-order valence-corrected chi connectivity index (χ1v) is 10.6. The molecule has 30 heavy (non-hydrogen) atoms. The Morgan fingerprint density at radius 3 is 2.63 bits per heavy atom. The standard InChI is InChI=1S/C21H22N4O4S/c1-12(26)13-4-6-14(7-5-13)22-21(29)24-16-8-9-25-18(16)19(27)23-17(20(25)28)11-15-3-2-10-30-15/h2-7,10,16-18H,8-9,11H2,1H3,(H,23,27)(H2,22,24,29). The molecular formula is C21H22N4O4S. The highest BCUT2D eigenvalue weighted by Crippen LogP contribution is 2.25. The number of benzene rings is 1. The fourth-order valence-electron chi connectivity index (χ4n) is 3.93. The van der Waals surface area contributed by atoms with Crippen LogP contribution >= 0.6 is 11.3 Å². The van der Waals surface area contributed by atoms with Gasteiger partial charge in [0.25, 0.3) is 0 Å². The van der Waals surface area contributed by atoms with Crippen LogP contribution in [0.4, 0.5) is 10.5 Å². The fraction of sp³-hybridized carbons (Fsp3) is 0.333. The van der Waals surface area contributed by atoms with Gasteiger partial charge in [-0.25, -0.2) is 4.79 Å². The van der Waals surface area contributed by atoms with E-state index >= 15 is 0 Å². The van der Waals surface area contributed by atoms with Crippen LogP contribution < -0.4 is 16.0 Å². The maximum atomic E-state index is 12.8. The predicted molar refractivity (Wildman–Crippen MR) is 112 cm³/mol. The normalized spacial score (nSPS) is 23.0. The van der Waals surface area contributed by atoms with Crippen LogP contribution in [0.25, 0.3) is 0 Å². The van der Waals surface area contributed by atoms with Gasteiger partial charge in [0.1, 0.15) is 12.1 Å². The summed E-state index contributed by atoms with van der Waals surface area (Å²) in [5.41, 5.74) is 1.09. The molecule has 0 aliphatic carbocycles. The van der Waals surface area contributed by atoms with Crippen LogP contribution in [0.15, 0.2) is 41.8 Å². The number of thiophene rings is 1. The van der Waals surface area contributed by atoms with Gasteiger partial charge in [0.05, 0.1) is 6.04 Å². The molecule has 4 rings (SSSR count). The van der Waals surface area contributed by atoms with Crippen LogP contribution in [0.1, 0.15) is 28.6 Å². The molecule has 2 aliphatic heterocycles. The third kappa shape index (κ3) is 4.06. The van der Waals surface area contributed by atoms with Crippen molar-refractivity contribution in [3.8, 4) is 0 Å². The molecule has 3 heterocycles. The Hall–Kier alpha value is -3.20. The molecule has 2 fully saturated rings. The molecule has 0 radical (unpaired) electrons. The molecule has 156 valence electrons. The quantitative estimate of drug-likeness (QED) is 0.634. The van der Waals surface area contributed by atoms with Crippen LogP contribution in [0.5, 0.6) is 0 Å². The van der Waals surface area contributed by atoms with Crippen molar-refractivity contribution in [1.82, 2.24) is 15.5 Å². The van der Waals surface area contributed by atoms with E-state index in [1.54, 1.807) is 40.5 Å². The monoisotopic (exact) mass is 426 g/mol. The van der Waals surface area contributed by atoms with Crippen LogP contribution in [-0.2, 0) is 16.0 Å². The molecule has 3 N–H and O–H groups in total. The number of piperazine rings is 1. The Bertz CT molecular complexity index is 973. The summed E-state index contributed by atoms with van der Waals surface area (Å²) >= 11 is 1.55. The van der Waals surface area contributed by atoms with Gasteiger partial charge in [-0.2, -0.15) is 0 Å². The van der Waals surface area contributed by atoms with Gasteiger partial charge in [0.2, 0.25) is 11.8 Å². The predicted octanol–water partition coefficient (Wildman–Crippen LogP) is 1.78. The number of urea groups is 1. The molecule has 9 heteroatoms. The average Bonchev–Trinajstić information content (AvgIpc) is 3.36. The summed E-state index contributed by atoms with van der Waals surface area (Å²) in [7, 11) is 0. The summed E-state index contributed by atoms with van der Waals surface area (Å²) in [6.07, 6.45) is 0.979. The van der Waals surface area contributed by atoms with E-state index in [0.29, 0.717) is 30.6 Å². The minimum atomic E-state index is -0.706. The van der Waals surface area contributed by atoms with Crippen LogP contribution in [-0.4, -0.2) is 53.2 Å². The Morgan fingerprint density at radius 2 is 1.97 bits per heavy atom. The number of carbonyl (C=O) groups excluding carboxylic acids is 4. The molecule has 0 spiro atoms. The molecular weight excluding hydrogens is 404 g/mol. The van der Waals surface area contributed by atoms with Crippen molar-refractivity contribution in [2.45, 2.75) is 37.9 Å². The SMILES string of the molecule is CC(=O)c1ccc(NC(=O)NC2CCN3C(=O)C(Cc4cccs4)NC(=O)C23)cc1. The number of rotatable bonds is 5. The highest BCUT2D eigenvalue weighted by Gasteiger charge is 2.48. The lowest BCUT2D eigenvalue weighted by atomic mass is 10.0. The van der Waals surface area contributed by atoms with Gasteiger partial charge in [0.15, 0.2) is 5.78 Å². The summed E-state index contributed by atoms with van der Waals surface area (Å²) in [5, 5.41) is 10.3. The molecule has 1 aromatic heterocycles. The third-order valence-electron chi connectivity index (χ3n) is 5.42. The number of nitrogens with one attached hydrogen (secondary N) is 3. The van der Waals surface area contributed by atoms with E-state index in [-0.39, 0.29) is 17.6 Å². The zero-order valence-corrected chi connectivity index (χ0v) is 17.2. The van der Waals surface area contributed by atoms with E-state index in [9.17, 15) is 19.2 Å². The number of hydrogen-bond donors (Lipinski definition) is 3. The third-order valence-corrected chi connectivity index (χ3v) is 6.31. The zero-order chi connectivity index (χ0) is 21.3. The second-order valence-corrected chi connectivity index (χ2v) is 8.48. The van der Waals surface area contributed by atoms with Gasteiger partial charge < -0.3 is 20.9 Å². The molecule has 1 aromatic carbocycles. The molecule has 2 aliphatic rings. The van der Waals surface area contributed by atoms with E-state index in [0.717, 1.165) is 4.88 Å². The molecule has 0 saturated carbocycles. The smallest absolute Gasteiger partial charge is 0.319 e. The Labute approximate surface area is 177 Å². The van der Waals surface area contributed by atoms with Crippen molar-refractivity contribution in [2.75, 3.05) is 11.9 Å². The Balaban J connectivity index is 1.37. The average molecular weight is 426 g/mol. The summed E-state index contributed by atoms with van der Waals surface area (Å²) in [6.45, 7) is 1.90. The lowest BCUT2D eigenvalue weighted by Gasteiger charge is -2.36. The number of ketones is 1. The van der Waals surface area contributed by atoms with Crippen molar-refractivity contribution in [3.05, 3.63) is 52.2 Å². The molecule has 0 bridgehead atoms. The molecule has 2 aromatic rings. The van der Waals surface area contributed by atoms with E-state index in [1.165, 1.54) is 6.92 Å². The highest BCUT2D eigenvalue weighted by molar-refractivity contribution is 7.09. The number of fused-ring (bicyclic) bond motifs is 1. The van der Waals surface area contributed by atoms with E-state index < -0.39 is 24.2 Å². The lowest BCUT2D eigenvalue weighted by molar-refractivity contribution is -0.147. The van der Waals surface area contributed by atoms with Gasteiger partial charge in [-0.3, -0.25) is 14.4 Å². The summed E-state index contributed by atoms with van der Waals surface area (Å²) in [5.74, 6) is -0.412. The topological polar surface area (TPSA) is 108 Å².